The molecular formula is C19H27NO5. The van der Waals surface area contributed by atoms with E-state index in [4.69, 9.17) is 9.47 Å². The van der Waals surface area contributed by atoms with Gasteiger partial charge in [0.15, 0.2) is 0 Å². The topological polar surface area (TPSA) is 76.1 Å². The van der Waals surface area contributed by atoms with Crippen LogP contribution in [-0.2, 0) is 20.7 Å². The summed E-state index contributed by atoms with van der Waals surface area (Å²) in [5, 5.41) is 9.41. The van der Waals surface area contributed by atoms with Gasteiger partial charge in [-0.15, -0.1) is 0 Å². The van der Waals surface area contributed by atoms with Crippen molar-refractivity contribution in [2.75, 3.05) is 19.7 Å². The number of aromatic hydroxyl groups is 1. The Labute approximate surface area is 148 Å². The highest BCUT2D eigenvalue weighted by Crippen LogP contribution is 2.29. The van der Waals surface area contributed by atoms with Gasteiger partial charge in [-0.25, -0.2) is 4.79 Å². The van der Waals surface area contributed by atoms with Crippen LogP contribution in [0.4, 0.5) is 4.79 Å². The standard InChI is InChI=1S/C19H27NO5/c1-5-24-17(22)16-12-20(18(23)25-19(2,3)4)11-14(16)10-13-6-8-15(21)9-7-13/h6-9,14,16,21H,5,10-12H2,1-4H3/t14?,16-/m0/s1. The Morgan fingerprint density at radius 3 is 2.40 bits per heavy atom. The van der Waals surface area contributed by atoms with Crippen molar-refractivity contribution in [2.24, 2.45) is 11.8 Å². The van der Waals surface area contributed by atoms with Gasteiger partial charge >= 0.3 is 12.1 Å². The number of carbonyl (C=O) groups excluding carboxylic acids is 2. The van der Waals surface area contributed by atoms with E-state index in [1.54, 1.807) is 24.0 Å². The van der Waals surface area contributed by atoms with Gasteiger partial charge in [-0.05, 0) is 57.7 Å². The largest absolute Gasteiger partial charge is 0.508 e. The fraction of sp³-hybridized carbons (Fsp3) is 0.579. The molecule has 0 aliphatic carbocycles. The molecule has 2 atom stereocenters. The smallest absolute Gasteiger partial charge is 0.410 e. The molecule has 0 saturated carbocycles. The van der Waals surface area contributed by atoms with E-state index in [9.17, 15) is 14.7 Å². The number of rotatable bonds is 4. The van der Waals surface area contributed by atoms with Crippen LogP contribution >= 0.6 is 0 Å². The lowest BCUT2D eigenvalue weighted by atomic mass is 9.90. The molecule has 1 saturated heterocycles. The van der Waals surface area contributed by atoms with Gasteiger partial charge in [-0.1, -0.05) is 12.1 Å². The Hall–Kier alpha value is -2.24. The first-order chi connectivity index (χ1) is 11.7. The first-order valence-electron chi connectivity index (χ1n) is 8.62. The van der Waals surface area contributed by atoms with Crippen LogP contribution in [0.15, 0.2) is 24.3 Å². The first kappa shape index (κ1) is 19.1. The Morgan fingerprint density at radius 2 is 1.84 bits per heavy atom. The van der Waals surface area contributed by atoms with Crippen LogP contribution in [0.2, 0.25) is 0 Å². The van der Waals surface area contributed by atoms with Crippen molar-refractivity contribution in [2.45, 2.75) is 39.7 Å². The molecule has 1 fully saturated rings. The Bertz CT molecular complexity index is 605. The minimum atomic E-state index is -0.578. The highest BCUT2D eigenvalue weighted by molar-refractivity contribution is 5.76. The summed E-state index contributed by atoms with van der Waals surface area (Å²) in [4.78, 5) is 26.2. The summed E-state index contributed by atoms with van der Waals surface area (Å²) in [6, 6.07) is 6.89. The fourth-order valence-electron chi connectivity index (χ4n) is 3.00. The van der Waals surface area contributed by atoms with Crippen LogP contribution in [-0.4, -0.2) is 47.4 Å². The number of likely N-dealkylation sites (tertiary alicyclic amines) is 1. The molecule has 6 heteroatoms. The van der Waals surface area contributed by atoms with E-state index in [1.807, 2.05) is 32.9 Å². The molecule has 2 rings (SSSR count). The molecule has 0 bridgehead atoms. The number of hydrogen-bond acceptors (Lipinski definition) is 5. The van der Waals surface area contributed by atoms with Crippen molar-refractivity contribution >= 4 is 12.1 Å². The van der Waals surface area contributed by atoms with E-state index in [-0.39, 0.29) is 23.6 Å². The van der Waals surface area contributed by atoms with E-state index in [0.29, 0.717) is 26.1 Å². The van der Waals surface area contributed by atoms with E-state index < -0.39 is 11.7 Å². The molecule has 1 unspecified atom stereocenters. The third-order valence-corrected chi connectivity index (χ3v) is 4.12. The van der Waals surface area contributed by atoms with Crippen LogP contribution < -0.4 is 0 Å². The molecule has 25 heavy (non-hydrogen) atoms. The number of nitrogens with zero attached hydrogens (tertiary/aromatic N) is 1. The molecule has 1 amide bonds. The van der Waals surface area contributed by atoms with E-state index in [1.165, 1.54) is 0 Å². The summed E-state index contributed by atoms with van der Waals surface area (Å²) < 4.78 is 10.6. The molecule has 0 spiro atoms. The minimum absolute atomic E-state index is 0.0453. The van der Waals surface area contributed by atoms with Crippen molar-refractivity contribution in [1.29, 1.82) is 0 Å². The van der Waals surface area contributed by atoms with Gasteiger partial charge in [0.05, 0.1) is 12.5 Å². The molecule has 0 aromatic heterocycles. The lowest BCUT2D eigenvalue weighted by Crippen LogP contribution is -2.36. The number of carbonyl (C=O) groups is 2. The van der Waals surface area contributed by atoms with E-state index in [0.717, 1.165) is 5.56 Å². The highest BCUT2D eigenvalue weighted by Gasteiger charge is 2.41. The summed E-state index contributed by atoms with van der Waals surface area (Å²) in [6.07, 6.45) is 0.221. The van der Waals surface area contributed by atoms with E-state index >= 15 is 0 Å². The molecule has 6 nitrogen and oxygen atoms in total. The van der Waals surface area contributed by atoms with Crippen LogP contribution in [0.25, 0.3) is 0 Å². The Balaban J connectivity index is 2.12. The Morgan fingerprint density at radius 1 is 1.20 bits per heavy atom. The number of amides is 1. The van der Waals surface area contributed by atoms with Crippen molar-refractivity contribution in [3.05, 3.63) is 29.8 Å². The Kier molecular flexibility index (Phi) is 5.93. The summed E-state index contributed by atoms with van der Waals surface area (Å²) >= 11 is 0. The second-order valence-corrected chi connectivity index (χ2v) is 7.37. The quantitative estimate of drug-likeness (QED) is 0.846. The van der Waals surface area contributed by atoms with Gasteiger partial charge in [0, 0.05) is 13.1 Å². The fourth-order valence-corrected chi connectivity index (χ4v) is 3.00. The number of esters is 1. The monoisotopic (exact) mass is 349 g/mol. The summed E-state index contributed by atoms with van der Waals surface area (Å²) in [7, 11) is 0. The van der Waals surface area contributed by atoms with Gasteiger partial charge in [0.2, 0.25) is 0 Å². The van der Waals surface area contributed by atoms with Crippen molar-refractivity contribution in [3.8, 4) is 5.75 Å². The second kappa shape index (κ2) is 7.76. The molecule has 1 aliphatic heterocycles. The van der Waals surface area contributed by atoms with E-state index in [2.05, 4.69) is 0 Å². The molecule has 1 N–H and O–H groups in total. The maximum Gasteiger partial charge on any atom is 0.410 e. The molecule has 1 aromatic carbocycles. The van der Waals surface area contributed by atoms with Crippen LogP contribution in [0, 0.1) is 11.8 Å². The molecular weight excluding hydrogens is 322 g/mol. The normalized spacial score (nSPS) is 20.4. The number of hydrogen-bond donors (Lipinski definition) is 1. The molecule has 1 aliphatic rings. The van der Waals surface area contributed by atoms with Gasteiger partial charge in [0.25, 0.3) is 0 Å². The summed E-state index contributed by atoms with van der Waals surface area (Å²) in [5.74, 6) is -0.498. The number of ether oxygens (including phenoxy) is 2. The second-order valence-electron chi connectivity index (χ2n) is 7.37. The highest BCUT2D eigenvalue weighted by atomic mass is 16.6. The molecule has 1 aromatic rings. The number of phenols is 1. The molecule has 1 heterocycles. The predicted octanol–water partition coefficient (Wildman–Crippen LogP) is 2.98. The molecule has 0 radical (unpaired) electrons. The predicted molar refractivity (Wildman–Crippen MR) is 93.2 cm³/mol. The zero-order valence-electron chi connectivity index (χ0n) is 15.3. The maximum atomic E-state index is 12.3. The van der Waals surface area contributed by atoms with Gasteiger partial charge in [-0.2, -0.15) is 0 Å². The van der Waals surface area contributed by atoms with Crippen molar-refractivity contribution in [1.82, 2.24) is 4.90 Å². The SMILES string of the molecule is CCOC(=O)[C@H]1CN(C(=O)OC(C)(C)C)CC1Cc1ccc(O)cc1. The summed E-state index contributed by atoms with van der Waals surface area (Å²) in [5.41, 5.74) is 0.425. The zero-order chi connectivity index (χ0) is 18.6. The number of benzene rings is 1. The summed E-state index contributed by atoms with van der Waals surface area (Å²) in [6.45, 7) is 8.28. The average molecular weight is 349 g/mol. The first-order valence-corrected chi connectivity index (χ1v) is 8.62. The third kappa shape index (κ3) is 5.37. The van der Waals surface area contributed by atoms with Gasteiger partial charge < -0.3 is 19.5 Å². The molecule has 138 valence electrons. The maximum absolute atomic E-state index is 12.3. The number of phenolic OH excluding ortho intramolecular Hbond substituents is 1. The lowest BCUT2D eigenvalue weighted by Gasteiger charge is -2.24. The van der Waals surface area contributed by atoms with Crippen molar-refractivity contribution in [3.63, 3.8) is 0 Å². The van der Waals surface area contributed by atoms with Crippen LogP contribution in [0.1, 0.15) is 33.3 Å². The van der Waals surface area contributed by atoms with Crippen LogP contribution in [0.3, 0.4) is 0 Å². The minimum Gasteiger partial charge on any atom is -0.508 e. The van der Waals surface area contributed by atoms with Gasteiger partial charge in [-0.3, -0.25) is 4.79 Å². The lowest BCUT2D eigenvalue weighted by molar-refractivity contribution is -0.148. The zero-order valence-corrected chi connectivity index (χ0v) is 15.3. The van der Waals surface area contributed by atoms with Gasteiger partial charge in [0.1, 0.15) is 11.4 Å². The third-order valence-electron chi connectivity index (χ3n) is 4.12. The van der Waals surface area contributed by atoms with Crippen molar-refractivity contribution < 1.29 is 24.2 Å². The van der Waals surface area contributed by atoms with Crippen LogP contribution in [0.5, 0.6) is 5.75 Å². The average Bonchev–Trinajstić information content (AvgIpc) is 2.92.